The van der Waals surface area contributed by atoms with Crippen LogP contribution in [0, 0.1) is 11.8 Å². The summed E-state index contributed by atoms with van der Waals surface area (Å²) < 4.78 is 13.9. The Bertz CT molecular complexity index is 1960. The summed E-state index contributed by atoms with van der Waals surface area (Å²) in [6.45, 7) is 1.02. The molecule has 2 fully saturated rings. The number of fused-ring (bicyclic) bond motifs is 2. The van der Waals surface area contributed by atoms with E-state index in [1.165, 1.54) is 9.03 Å². The summed E-state index contributed by atoms with van der Waals surface area (Å²) in [5, 5.41) is 28.6. The summed E-state index contributed by atoms with van der Waals surface area (Å²) in [5.41, 5.74) is 15.0. The topological polar surface area (TPSA) is 228 Å². The standard InChI is InChI=1S/C33H38N12O5/c34-31-36-21(17-27-38-29(40-44(27)31)25-3-1-13-49-25)23-15-19(7-11-46)5-9-42(23)33(48)43-10-6-20(8-12-47)16-24(43)22-18-28-39-30(26-4-2-14-50-26)41-45(28)32(35)37-22/h1-4,13-14,17-20,23-24,46-47H,5-12,15-16H2,(H2,34,36)(H2,35,37). The Balaban J connectivity index is 1.15. The summed E-state index contributed by atoms with van der Waals surface area (Å²) in [5.74, 6) is 2.37. The molecule has 0 spiro atoms. The maximum absolute atomic E-state index is 14.8. The smallest absolute Gasteiger partial charge is 0.321 e. The van der Waals surface area contributed by atoms with Crippen LogP contribution in [0.25, 0.3) is 34.5 Å². The SMILES string of the molecule is Nc1nc(C2CC(CCO)CCN2C(=O)N2CCC(CCO)CC2c2cc3nc(-c4ccco4)nn3c(N)n2)cc2nc(-c3ccco3)nn12. The molecule has 260 valence electrons. The van der Waals surface area contributed by atoms with Crippen LogP contribution in [0.15, 0.2) is 57.8 Å². The summed E-state index contributed by atoms with van der Waals surface area (Å²) in [6, 6.07) is 9.63. The third-order valence-electron chi connectivity index (χ3n) is 9.89. The molecule has 2 saturated heterocycles. The Labute approximate surface area is 285 Å². The normalized spacial score (nSPS) is 21.4. The Hall–Kier alpha value is -5.55. The molecule has 0 aliphatic carbocycles. The molecule has 6 aromatic rings. The number of carbonyl (C=O) groups excluding carboxylic acids is 1. The fourth-order valence-corrected chi connectivity index (χ4v) is 7.37. The van der Waals surface area contributed by atoms with E-state index >= 15 is 0 Å². The maximum atomic E-state index is 14.8. The molecule has 17 nitrogen and oxygen atoms in total. The molecular formula is C33H38N12O5. The number of aliphatic hydroxyl groups excluding tert-OH is 2. The first-order chi connectivity index (χ1) is 24.4. The minimum absolute atomic E-state index is 0.0525. The first-order valence-corrected chi connectivity index (χ1v) is 16.8. The van der Waals surface area contributed by atoms with Gasteiger partial charge < -0.3 is 40.3 Å². The van der Waals surface area contributed by atoms with Gasteiger partial charge in [0.15, 0.2) is 22.8 Å². The van der Waals surface area contributed by atoms with Crippen LogP contribution in [-0.2, 0) is 0 Å². The Morgan fingerprint density at radius 3 is 1.60 bits per heavy atom. The molecule has 6 aromatic heterocycles. The van der Waals surface area contributed by atoms with Gasteiger partial charge in [0.2, 0.25) is 23.5 Å². The summed E-state index contributed by atoms with van der Waals surface area (Å²) >= 11 is 0. The predicted octanol–water partition coefficient (Wildman–Crippen LogP) is 3.34. The molecule has 4 unspecified atom stereocenters. The number of rotatable bonds is 8. The second-order valence-electron chi connectivity index (χ2n) is 13.0. The molecule has 8 heterocycles. The second-order valence-corrected chi connectivity index (χ2v) is 13.0. The van der Waals surface area contributed by atoms with Gasteiger partial charge >= 0.3 is 6.03 Å². The van der Waals surface area contributed by atoms with E-state index in [9.17, 15) is 15.0 Å². The number of anilines is 2. The number of furan rings is 2. The van der Waals surface area contributed by atoms with Crippen LogP contribution in [0.1, 0.15) is 62.0 Å². The minimum atomic E-state index is -0.437. The first-order valence-electron chi connectivity index (χ1n) is 16.8. The number of piperidine rings is 2. The molecule has 0 radical (unpaired) electrons. The third-order valence-corrected chi connectivity index (χ3v) is 9.89. The van der Waals surface area contributed by atoms with Crippen LogP contribution in [0.3, 0.4) is 0 Å². The number of likely N-dealkylation sites (tertiary alicyclic amines) is 2. The first kappa shape index (κ1) is 31.7. The van der Waals surface area contributed by atoms with E-state index in [2.05, 4.69) is 20.2 Å². The molecule has 2 aliphatic rings. The van der Waals surface area contributed by atoms with Crippen LogP contribution < -0.4 is 11.5 Å². The molecule has 2 amide bonds. The average Bonchev–Trinajstić information content (AvgIpc) is 3.95. The Kier molecular flexibility index (Phi) is 8.28. The lowest BCUT2D eigenvalue weighted by atomic mass is 9.85. The van der Waals surface area contributed by atoms with Gasteiger partial charge in [-0.3, -0.25) is 0 Å². The van der Waals surface area contributed by atoms with E-state index in [0.717, 1.165) is 12.8 Å². The third kappa shape index (κ3) is 5.77. The molecule has 0 aromatic carbocycles. The van der Waals surface area contributed by atoms with E-state index < -0.39 is 12.1 Å². The second kappa shape index (κ2) is 13.1. The lowest BCUT2D eigenvalue weighted by Gasteiger charge is -2.45. The molecule has 4 atom stereocenters. The zero-order valence-electron chi connectivity index (χ0n) is 27.2. The van der Waals surface area contributed by atoms with Crippen molar-refractivity contribution in [3.63, 3.8) is 0 Å². The number of hydrogen-bond donors (Lipinski definition) is 4. The fraction of sp³-hybridized carbons (Fsp3) is 0.424. The monoisotopic (exact) mass is 682 g/mol. The van der Waals surface area contributed by atoms with Crippen LogP contribution in [0.4, 0.5) is 16.7 Å². The summed E-state index contributed by atoms with van der Waals surface area (Å²) in [4.78, 5) is 37.2. The van der Waals surface area contributed by atoms with E-state index in [1.54, 1.807) is 36.8 Å². The quantitative estimate of drug-likeness (QED) is 0.181. The highest BCUT2D eigenvalue weighted by atomic mass is 16.3. The van der Waals surface area contributed by atoms with Crippen molar-refractivity contribution in [2.75, 3.05) is 37.8 Å². The van der Waals surface area contributed by atoms with E-state index in [1.807, 2.05) is 21.9 Å². The zero-order valence-corrected chi connectivity index (χ0v) is 27.2. The van der Waals surface area contributed by atoms with Gasteiger partial charge in [0.25, 0.3) is 0 Å². The number of carbonyl (C=O) groups is 1. The van der Waals surface area contributed by atoms with Crippen molar-refractivity contribution < 1.29 is 23.8 Å². The molecule has 2 aliphatic heterocycles. The average molecular weight is 683 g/mol. The van der Waals surface area contributed by atoms with E-state index in [0.29, 0.717) is 84.6 Å². The van der Waals surface area contributed by atoms with Gasteiger partial charge in [-0.25, -0.2) is 24.7 Å². The number of nitrogens with zero attached hydrogens (tertiary/aromatic N) is 10. The highest BCUT2D eigenvalue weighted by Gasteiger charge is 2.41. The van der Waals surface area contributed by atoms with E-state index in [4.69, 9.17) is 30.3 Å². The van der Waals surface area contributed by atoms with Crippen molar-refractivity contribution >= 4 is 29.2 Å². The molecular weight excluding hydrogens is 644 g/mol. The molecule has 6 N–H and O–H groups in total. The number of aromatic nitrogens is 8. The van der Waals surface area contributed by atoms with Crippen LogP contribution >= 0.6 is 0 Å². The van der Waals surface area contributed by atoms with Gasteiger partial charge in [-0.2, -0.15) is 9.03 Å². The van der Waals surface area contributed by atoms with Crippen molar-refractivity contribution in [3.8, 4) is 23.2 Å². The maximum Gasteiger partial charge on any atom is 0.321 e. The number of hydrogen-bond acceptors (Lipinski definition) is 13. The molecule has 0 saturated carbocycles. The van der Waals surface area contributed by atoms with Crippen LogP contribution in [-0.4, -0.2) is 91.5 Å². The van der Waals surface area contributed by atoms with Crippen molar-refractivity contribution in [1.29, 1.82) is 0 Å². The van der Waals surface area contributed by atoms with Crippen molar-refractivity contribution in [2.24, 2.45) is 11.8 Å². The Morgan fingerprint density at radius 2 is 1.20 bits per heavy atom. The van der Waals surface area contributed by atoms with Gasteiger partial charge in [-0.15, -0.1) is 10.2 Å². The lowest BCUT2D eigenvalue weighted by molar-refractivity contribution is 0.0564. The van der Waals surface area contributed by atoms with Crippen LogP contribution in [0.2, 0.25) is 0 Å². The Morgan fingerprint density at radius 1 is 0.740 bits per heavy atom. The highest BCUT2D eigenvalue weighted by molar-refractivity contribution is 5.76. The van der Waals surface area contributed by atoms with Gasteiger partial charge in [-0.1, -0.05) is 0 Å². The molecule has 0 bridgehead atoms. The fourth-order valence-electron chi connectivity index (χ4n) is 7.37. The number of nitrogens with two attached hydrogens (primary N) is 2. The van der Waals surface area contributed by atoms with Crippen molar-refractivity contribution in [3.05, 3.63) is 60.3 Å². The number of nitrogen functional groups attached to an aromatic ring is 2. The van der Waals surface area contributed by atoms with Crippen molar-refractivity contribution in [2.45, 2.75) is 50.6 Å². The largest absolute Gasteiger partial charge is 0.461 e. The zero-order chi connectivity index (χ0) is 34.4. The predicted molar refractivity (Wildman–Crippen MR) is 179 cm³/mol. The molecule has 8 rings (SSSR count). The number of amides is 2. The minimum Gasteiger partial charge on any atom is -0.461 e. The van der Waals surface area contributed by atoms with E-state index in [-0.39, 0.29) is 43.0 Å². The summed E-state index contributed by atoms with van der Waals surface area (Å²) in [7, 11) is 0. The highest BCUT2D eigenvalue weighted by Crippen LogP contribution is 2.41. The van der Waals surface area contributed by atoms with Gasteiger partial charge in [-0.05, 0) is 74.6 Å². The molecule has 17 heteroatoms. The van der Waals surface area contributed by atoms with Gasteiger partial charge in [0.05, 0.1) is 36.0 Å². The van der Waals surface area contributed by atoms with Gasteiger partial charge in [0.1, 0.15) is 0 Å². The lowest BCUT2D eigenvalue weighted by Crippen LogP contribution is -2.51. The number of urea groups is 1. The van der Waals surface area contributed by atoms with Crippen molar-refractivity contribution in [1.82, 2.24) is 49.0 Å². The number of aliphatic hydroxyl groups is 2. The molecule has 50 heavy (non-hydrogen) atoms. The van der Waals surface area contributed by atoms with Gasteiger partial charge in [0, 0.05) is 38.4 Å². The summed E-state index contributed by atoms with van der Waals surface area (Å²) in [6.07, 6.45) is 6.96. The van der Waals surface area contributed by atoms with Crippen LogP contribution in [0.5, 0.6) is 0 Å².